The highest BCUT2D eigenvalue weighted by molar-refractivity contribution is 9.10. The van der Waals surface area contributed by atoms with Crippen molar-refractivity contribution in [3.8, 4) is 0 Å². The average molecular weight is 340 g/mol. The molecule has 4 N–H and O–H groups in total. The van der Waals surface area contributed by atoms with Gasteiger partial charge in [-0.15, -0.1) is 0 Å². The molecule has 0 unspecified atom stereocenters. The lowest BCUT2D eigenvalue weighted by molar-refractivity contribution is -0.138. The molecule has 1 amide bonds. The number of halogens is 4. The molecule has 0 heterocycles. The number of nitrogens with zero attached hydrogens (tertiary/aromatic N) is 1. The number of nitrogens with one attached hydrogen (secondary N) is 1. The van der Waals surface area contributed by atoms with Crippen molar-refractivity contribution in [2.45, 2.75) is 12.6 Å². The first-order chi connectivity index (χ1) is 8.74. The molecule has 0 aliphatic carbocycles. The average Bonchev–Trinajstić information content (AvgIpc) is 2.29. The third-order valence-electron chi connectivity index (χ3n) is 2.03. The number of hydrogen-bond acceptors (Lipinski definition) is 3. The van der Waals surface area contributed by atoms with Gasteiger partial charge in [0.2, 0.25) is 5.91 Å². The molecule has 0 saturated carbocycles. The van der Waals surface area contributed by atoms with E-state index in [2.05, 4.69) is 26.4 Å². The van der Waals surface area contributed by atoms with Gasteiger partial charge in [0.1, 0.15) is 5.84 Å². The summed E-state index contributed by atoms with van der Waals surface area (Å²) in [4.78, 5) is 11.4. The summed E-state index contributed by atoms with van der Waals surface area (Å²) in [7, 11) is 0. The second kappa shape index (κ2) is 5.91. The number of amides is 1. The minimum atomic E-state index is -4.54. The lowest BCUT2D eigenvalue weighted by Crippen LogP contribution is -2.22. The maximum absolute atomic E-state index is 12.6. The first-order valence-corrected chi connectivity index (χ1v) is 5.66. The van der Waals surface area contributed by atoms with Crippen LogP contribution < -0.4 is 11.1 Å². The molecule has 0 fully saturated rings. The molecule has 1 aromatic carbocycles. The summed E-state index contributed by atoms with van der Waals surface area (Å²) in [5.41, 5.74) is 4.16. The molecular formula is C10H9BrF3N3O2. The highest BCUT2D eigenvalue weighted by Gasteiger charge is 2.33. The first kappa shape index (κ1) is 15.3. The number of carbonyl (C=O) groups excluding carboxylic acids is 1. The molecule has 0 saturated heterocycles. The summed E-state index contributed by atoms with van der Waals surface area (Å²) < 4.78 is 37.7. The topological polar surface area (TPSA) is 87.7 Å². The van der Waals surface area contributed by atoms with Crippen LogP contribution in [-0.4, -0.2) is 17.0 Å². The molecule has 1 rings (SSSR count). The van der Waals surface area contributed by atoms with Crippen molar-refractivity contribution in [2.24, 2.45) is 10.9 Å². The number of anilines is 1. The number of benzene rings is 1. The van der Waals surface area contributed by atoms with Crippen LogP contribution in [0.4, 0.5) is 18.9 Å². The Bertz CT molecular complexity index is 517. The predicted molar refractivity (Wildman–Crippen MR) is 65.8 cm³/mol. The summed E-state index contributed by atoms with van der Waals surface area (Å²) in [5.74, 6) is -1.03. The summed E-state index contributed by atoms with van der Waals surface area (Å²) in [6.07, 6.45) is -4.96. The van der Waals surface area contributed by atoms with Gasteiger partial charge in [-0.25, -0.2) is 0 Å². The fourth-order valence-electron chi connectivity index (χ4n) is 1.23. The second-order valence-corrected chi connectivity index (χ2v) is 4.36. The minimum Gasteiger partial charge on any atom is -0.409 e. The van der Waals surface area contributed by atoms with Gasteiger partial charge in [0.15, 0.2) is 0 Å². The molecule has 5 nitrogen and oxygen atoms in total. The van der Waals surface area contributed by atoms with Crippen LogP contribution in [-0.2, 0) is 11.0 Å². The van der Waals surface area contributed by atoms with Gasteiger partial charge in [-0.05, 0) is 18.2 Å². The van der Waals surface area contributed by atoms with E-state index >= 15 is 0 Å². The quantitative estimate of drug-likeness (QED) is 0.342. The van der Waals surface area contributed by atoms with Gasteiger partial charge in [-0.3, -0.25) is 4.79 Å². The zero-order chi connectivity index (χ0) is 14.6. The molecule has 0 bridgehead atoms. The number of hydrogen-bond donors (Lipinski definition) is 3. The van der Waals surface area contributed by atoms with Gasteiger partial charge in [0.05, 0.1) is 12.0 Å². The second-order valence-electron chi connectivity index (χ2n) is 3.51. The molecule has 0 atom stereocenters. The number of amidine groups is 1. The number of alkyl halides is 3. The Balaban J connectivity index is 2.89. The summed E-state index contributed by atoms with van der Waals surface area (Å²) in [5, 5.41) is 13.1. The Hall–Kier alpha value is -1.77. The molecule has 19 heavy (non-hydrogen) atoms. The van der Waals surface area contributed by atoms with E-state index in [9.17, 15) is 18.0 Å². The van der Waals surface area contributed by atoms with Gasteiger partial charge < -0.3 is 16.3 Å². The van der Waals surface area contributed by atoms with Gasteiger partial charge in [0, 0.05) is 10.2 Å². The van der Waals surface area contributed by atoms with E-state index in [0.29, 0.717) is 0 Å². The molecule has 0 aromatic heterocycles. The zero-order valence-electron chi connectivity index (χ0n) is 9.33. The lowest BCUT2D eigenvalue weighted by Gasteiger charge is -2.11. The first-order valence-electron chi connectivity index (χ1n) is 4.87. The molecule has 0 radical (unpaired) electrons. The Morgan fingerprint density at radius 3 is 2.63 bits per heavy atom. The third kappa shape index (κ3) is 4.43. The van der Waals surface area contributed by atoms with Crippen LogP contribution in [0.15, 0.2) is 27.8 Å². The third-order valence-corrected chi connectivity index (χ3v) is 2.72. The monoisotopic (exact) mass is 339 g/mol. The maximum atomic E-state index is 12.6. The fraction of sp³-hybridized carbons (Fsp3) is 0.200. The van der Waals surface area contributed by atoms with Crippen LogP contribution >= 0.6 is 15.9 Å². The van der Waals surface area contributed by atoms with Crippen LogP contribution in [0.3, 0.4) is 0 Å². The van der Waals surface area contributed by atoms with Crippen LogP contribution in [0.5, 0.6) is 0 Å². The van der Waals surface area contributed by atoms with Crippen molar-refractivity contribution >= 4 is 33.4 Å². The predicted octanol–water partition coefficient (Wildman–Crippen LogP) is 2.54. The van der Waals surface area contributed by atoms with E-state index in [1.807, 2.05) is 0 Å². The van der Waals surface area contributed by atoms with Crippen molar-refractivity contribution in [1.82, 2.24) is 0 Å². The largest absolute Gasteiger partial charge is 0.417 e. The number of oxime groups is 1. The van der Waals surface area contributed by atoms with E-state index in [1.165, 1.54) is 12.1 Å². The van der Waals surface area contributed by atoms with Crippen LogP contribution in [0.2, 0.25) is 0 Å². The van der Waals surface area contributed by atoms with Crippen LogP contribution in [0, 0.1) is 0 Å². The van der Waals surface area contributed by atoms with E-state index in [-0.39, 0.29) is 16.0 Å². The van der Waals surface area contributed by atoms with E-state index < -0.39 is 24.1 Å². The highest BCUT2D eigenvalue weighted by Crippen LogP contribution is 2.36. The number of rotatable bonds is 3. The van der Waals surface area contributed by atoms with E-state index in [0.717, 1.165) is 6.07 Å². The summed E-state index contributed by atoms with van der Waals surface area (Å²) in [6.45, 7) is 0. The van der Waals surface area contributed by atoms with Crippen molar-refractivity contribution < 1.29 is 23.2 Å². The van der Waals surface area contributed by atoms with E-state index in [4.69, 9.17) is 10.9 Å². The lowest BCUT2D eigenvalue weighted by atomic mass is 10.2. The van der Waals surface area contributed by atoms with Crippen LogP contribution in [0.1, 0.15) is 12.0 Å². The number of carbonyl (C=O) groups is 1. The Morgan fingerprint density at radius 1 is 1.47 bits per heavy atom. The standard InChI is InChI=1S/C10H9BrF3N3O2/c11-7-2-1-5(3-6(7)10(12,13)14)16-9(18)4-8(15)17-19/h1-3,19H,4H2,(H2,15,17)(H,16,18). The molecule has 0 aliphatic rings. The van der Waals surface area contributed by atoms with Crippen molar-refractivity contribution in [1.29, 1.82) is 0 Å². The normalized spacial score (nSPS) is 12.3. The highest BCUT2D eigenvalue weighted by atomic mass is 79.9. The van der Waals surface area contributed by atoms with Gasteiger partial charge in [-0.1, -0.05) is 21.1 Å². The van der Waals surface area contributed by atoms with Gasteiger partial charge in [-0.2, -0.15) is 13.2 Å². The van der Waals surface area contributed by atoms with Crippen LogP contribution in [0.25, 0.3) is 0 Å². The van der Waals surface area contributed by atoms with Crippen molar-refractivity contribution in [3.63, 3.8) is 0 Å². The maximum Gasteiger partial charge on any atom is 0.417 e. The van der Waals surface area contributed by atoms with Gasteiger partial charge >= 0.3 is 6.18 Å². The molecule has 0 spiro atoms. The molecule has 104 valence electrons. The molecule has 1 aromatic rings. The Kier molecular flexibility index (Phi) is 4.76. The Morgan fingerprint density at radius 2 is 2.11 bits per heavy atom. The van der Waals surface area contributed by atoms with E-state index in [1.54, 1.807) is 0 Å². The van der Waals surface area contributed by atoms with Crippen molar-refractivity contribution in [3.05, 3.63) is 28.2 Å². The SMILES string of the molecule is NC(CC(=O)Nc1ccc(Br)c(C(F)(F)F)c1)=NO. The minimum absolute atomic E-state index is 0.0359. The summed E-state index contributed by atoms with van der Waals surface area (Å²) >= 11 is 2.78. The molecule has 9 heteroatoms. The molecule has 0 aliphatic heterocycles. The fourth-order valence-corrected chi connectivity index (χ4v) is 1.70. The Labute approximate surface area is 114 Å². The smallest absolute Gasteiger partial charge is 0.409 e. The zero-order valence-corrected chi connectivity index (χ0v) is 10.9. The summed E-state index contributed by atoms with van der Waals surface area (Å²) in [6, 6.07) is 3.25. The molecular weight excluding hydrogens is 331 g/mol. The van der Waals surface area contributed by atoms with Crippen molar-refractivity contribution in [2.75, 3.05) is 5.32 Å². The number of nitrogens with two attached hydrogens (primary N) is 1. The van der Waals surface area contributed by atoms with Gasteiger partial charge in [0.25, 0.3) is 0 Å².